The predicted octanol–water partition coefficient (Wildman–Crippen LogP) is 2.48. The summed E-state index contributed by atoms with van der Waals surface area (Å²) < 4.78 is 4.21. The topological polar surface area (TPSA) is 47.7 Å². The van der Waals surface area contributed by atoms with E-state index in [-0.39, 0.29) is 6.04 Å². The fraction of sp³-hybridized carbons (Fsp3) is 0.625. The predicted molar refractivity (Wildman–Crippen MR) is 85.2 cm³/mol. The molecule has 2 rings (SSSR count). The van der Waals surface area contributed by atoms with Gasteiger partial charge in [0, 0.05) is 32.4 Å². The molecular weight excluding hydrogens is 262 g/mol. The van der Waals surface area contributed by atoms with E-state index >= 15 is 0 Å². The van der Waals surface area contributed by atoms with Crippen molar-refractivity contribution >= 4 is 0 Å². The molecular formula is C16H27N5. The van der Waals surface area contributed by atoms with E-state index in [1.165, 1.54) is 5.69 Å². The van der Waals surface area contributed by atoms with E-state index in [9.17, 15) is 0 Å². The van der Waals surface area contributed by atoms with Gasteiger partial charge in [0.05, 0.1) is 17.4 Å². The van der Waals surface area contributed by atoms with Gasteiger partial charge in [0.2, 0.25) is 0 Å². The van der Waals surface area contributed by atoms with Crippen molar-refractivity contribution in [3.8, 4) is 0 Å². The van der Waals surface area contributed by atoms with Gasteiger partial charge in [-0.3, -0.25) is 4.68 Å². The molecule has 1 N–H and O–H groups in total. The maximum absolute atomic E-state index is 4.58. The summed E-state index contributed by atoms with van der Waals surface area (Å²) in [6.07, 6.45) is 6.92. The van der Waals surface area contributed by atoms with Gasteiger partial charge >= 0.3 is 0 Å². The van der Waals surface area contributed by atoms with Gasteiger partial charge in [-0.15, -0.1) is 0 Å². The molecule has 0 spiro atoms. The van der Waals surface area contributed by atoms with Crippen molar-refractivity contribution < 1.29 is 0 Å². The van der Waals surface area contributed by atoms with Crippen molar-refractivity contribution in [3.05, 3.63) is 35.7 Å². The molecule has 0 fully saturated rings. The van der Waals surface area contributed by atoms with Crippen LogP contribution in [0.1, 0.15) is 50.4 Å². The summed E-state index contributed by atoms with van der Waals surface area (Å²) in [5, 5.41) is 8.22. The Bertz CT molecular complexity index is 555. The first-order valence-electron chi connectivity index (χ1n) is 7.95. The Hall–Kier alpha value is -1.62. The second-order valence-electron chi connectivity index (χ2n) is 5.38. The Balaban J connectivity index is 2.23. The summed E-state index contributed by atoms with van der Waals surface area (Å²) >= 11 is 0. The summed E-state index contributed by atoms with van der Waals surface area (Å²) in [5.41, 5.74) is 2.39. The largest absolute Gasteiger partial charge is 0.335 e. The smallest absolute Gasteiger partial charge is 0.110 e. The number of hydrogen-bond acceptors (Lipinski definition) is 3. The lowest BCUT2D eigenvalue weighted by Crippen LogP contribution is -2.27. The third-order valence-corrected chi connectivity index (χ3v) is 3.86. The van der Waals surface area contributed by atoms with E-state index < -0.39 is 0 Å². The van der Waals surface area contributed by atoms with Crippen LogP contribution in [-0.4, -0.2) is 25.9 Å². The molecule has 0 saturated heterocycles. The molecule has 116 valence electrons. The van der Waals surface area contributed by atoms with Crippen molar-refractivity contribution in [1.82, 2.24) is 24.6 Å². The van der Waals surface area contributed by atoms with Crippen LogP contribution in [0.3, 0.4) is 0 Å². The van der Waals surface area contributed by atoms with E-state index in [0.29, 0.717) is 0 Å². The highest BCUT2D eigenvalue weighted by Crippen LogP contribution is 2.19. The Morgan fingerprint density at radius 1 is 1.29 bits per heavy atom. The summed E-state index contributed by atoms with van der Waals surface area (Å²) in [6, 6.07) is 2.47. The molecule has 0 amide bonds. The Morgan fingerprint density at radius 3 is 2.71 bits per heavy atom. The van der Waals surface area contributed by atoms with Gasteiger partial charge in [0.25, 0.3) is 0 Å². The zero-order chi connectivity index (χ0) is 15.2. The first kappa shape index (κ1) is 15.8. The second-order valence-corrected chi connectivity index (χ2v) is 5.38. The normalized spacial score (nSPS) is 12.8. The molecule has 5 heteroatoms. The lowest BCUT2D eigenvalue weighted by molar-refractivity contribution is 0.476. The number of hydrogen-bond donors (Lipinski definition) is 1. The van der Waals surface area contributed by atoms with Crippen molar-refractivity contribution in [3.63, 3.8) is 0 Å². The highest BCUT2D eigenvalue weighted by atomic mass is 15.3. The second kappa shape index (κ2) is 7.41. The molecule has 5 nitrogen and oxygen atoms in total. The monoisotopic (exact) mass is 289 g/mol. The van der Waals surface area contributed by atoms with E-state index in [1.54, 1.807) is 0 Å². The van der Waals surface area contributed by atoms with Crippen LogP contribution < -0.4 is 5.32 Å². The molecule has 0 aliphatic rings. The third-order valence-electron chi connectivity index (χ3n) is 3.86. The molecule has 0 aliphatic carbocycles. The lowest BCUT2D eigenvalue weighted by atomic mass is 10.1. The van der Waals surface area contributed by atoms with E-state index in [2.05, 4.69) is 46.8 Å². The lowest BCUT2D eigenvalue weighted by Gasteiger charge is -2.19. The van der Waals surface area contributed by atoms with Gasteiger partial charge in [-0.25, -0.2) is 4.98 Å². The van der Waals surface area contributed by atoms with Crippen LogP contribution in [0.4, 0.5) is 0 Å². The summed E-state index contributed by atoms with van der Waals surface area (Å²) in [4.78, 5) is 4.51. The molecule has 21 heavy (non-hydrogen) atoms. The van der Waals surface area contributed by atoms with Crippen molar-refractivity contribution in [2.75, 3.05) is 6.54 Å². The number of nitrogens with one attached hydrogen (secondary N) is 1. The number of imidazole rings is 1. The van der Waals surface area contributed by atoms with Crippen LogP contribution >= 0.6 is 0 Å². The van der Waals surface area contributed by atoms with E-state index in [0.717, 1.165) is 43.9 Å². The van der Waals surface area contributed by atoms with Gasteiger partial charge in [-0.2, -0.15) is 5.10 Å². The van der Waals surface area contributed by atoms with Gasteiger partial charge in [-0.1, -0.05) is 13.8 Å². The first-order valence-corrected chi connectivity index (χ1v) is 7.95. The average molecular weight is 289 g/mol. The standard InChI is InChI=1S/C16H27N5/c1-5-8-17-14(12-16-18-9-10-21(16)7-3)15-11-13(6-2)19-20(15)4/h9-11,14,17H,5-8,12H2,1-4H3. The van der Waals surface area contributed by atoms with Crippen LogP contribution in [0, 0.1) is 0 Å². The Morgan fingerprint density at radius 2 is 2.10 bits per heavy atom. The minimum Gasteiger partial charge on any atom is -0.335 e. The average Bonchev–Trinajstić information content (AvgIpc) is 3.09. The van der Waals surface area contributed by atoms with E-state index in [4.69, 9.17) is 0 Å². The van der Waals surface area contributed by atoms with Crippen molar-refractivity contribution in [2.45, 2.75) is 52.6 Å². The molecule has 2 aromatic heterocycles. The SMILES string of the molecule is CCCNC(Cc1nccn1CC)c1cc(CC)nn1C. The first-order chi connectivity index (χ1) is 10.2. The fourth-order valence-corrected chi connectivity index (χ4v) is 2.64. The van der Waals surface area contributed by atoms with Crippen LogP contribution in [0.2, 0.25) is 0 Å². The van der Waals surface area contributed by atoms with Gasteiger partial charge in [0.1, 0.15) is 5.82 Å². The van der Waals surface area contributed by atoms with Gasteiger partial charge in [0.15, 0.2) is 0 Å². The maximum atomic E-state index is 4.58. The van der Waals surface area contributed by atoms with Crippen LogP contribution in [0.15, 0.2) is 18.5 Å². The summed E-state index contributed by atoms with van der Waals surface area (Å²) in [7, 11) is 2.03. The highest BCUT2D eigenvalue weighted by Gasteiger charge is 2.18. The number of rotatable bonds is 8. The minimum atomic E-state index is 0.260. The highest BCUT2D eigenvalue weighted by molar-refractivity contribution is 5.16. The molecule has 0 aliphatic heterocycles. The number of aromatic nitrogens is 4. The van der Waals surface area contributed by atoms with Gasteiger partial charge in [-0.05, 0) is 32.4 Å². The molecule has 1 unspecified atom stereocenters. The zero-order valence-electron chi connectivity index (χ0n) is 13.6. The Labute approximate surface area is 127 Å². The van der Waals surface area contributed by atoms with Crippen LogP contribution in [0.5, 0.6) is 0 Å². The summed E-state index contributed by atoms with van der Waals surface area (Å²) in [6.45, 7) is 8.45. The molecule has 0 aromatic carbocycles. The number of aryl methyl sites for hydroxylation is 3. The van der Waals surface area contributed by atoms with Crippen molar-refractivity contribution in [2.24, 2.45) is 7.05 Å². The molecule has 2 aromatic rings. The quantitative estimate of drug-likeness (QED) is 0.812. The number of nitrogens with zero attached hydrogens (tertiary/aromatic N) is 4. The zero-order valence-corrected chi connectivity index (χ0v) is 13.6. The molecule has 2 heterocycles. The molecule has 0 bridgehead atoms. The Kier molecular flexibility index (Phi) is 5.56. The molecule has 1 atom stereocenters. The van der Waals surface area contributed by atoms with E-state index in [1.807, 2.05) is 24.1 Å². The molecule has 0 radical (unpaired) electrons. The van der Waals surface area contributed by atoms with Crippen molar-refractivity contribution in [1.29, 1.82) is 0 Å². The van der Waals surface area contributed by atoms with Gasteiger partial charge < -0.3 is 9.88 Å². The maximum Gasteiger partial charge on any atom is 0.110 e. The third kappa shape index (κ3) is 3.73. The fourth-order valence-electron chi connectivity index (χ4n) is 2.64. The molecule has 0 saturated carbocycles. The van der Waals surface area contributed by atoms with Crippen LogP contribution in [-0.2, 0) is 26.4 Å². The van der Waals surface area contributed by atoms with Crippen LogP contribution in [0.25, 0.3) is 0 Å². The summed E-state index contributed by atoms with van der Waals surface area (Å²) in [5.74, 6) is 1.13. The minimum absolute atomic E-state index is 0.260.